The maximum Gasteiger partial charge on any atom is 0.122 e. The molecule has 0 aromatic carbocycles. The van der Waals surface area contributed by atoms with Crippen molar-refractivity contribution in [3.63, 3.8) is 0 Å². The molecule has 3 nitrogen and oxygen atoms in total. The van der Waals surface area contributed by atoms with Crippen LogP contribution >= 0.6 is 11.3 Å². The second-order valence-electron chi connectivity index (χ2n) is 4.95. The minimum absolute atomic E-state index is 0.193. The maximum atomic E-state index is 5.80. The van der Waals surface area contributed by atoms with Crippen molar-refractivity contribution in [3.8, 4) is 0 Å². The summed E-state index contributed by atoms with van der Waals surface area (Å²) in [4.78, 5) is 6.07. The average molecular weight is 268 g/mol. The third kappa shape index (κ3) is 3.77. The zero-order valence-electron chi connectivity index (χ0n) is 11.7. The third-order valence-electron chi connectivity index (χ3n) is 3.23. The third-order valence-corrected chi connectivity index (χ3v) is 4.48. The Labute approximate surface area is 114 Å². The monoisotopic (exact) mass is 268 g/mol. The first-order valence-electron chi connectivity index (χ1n) is 7.05. The topological polar surface area (TPSA) is 34.1 Å². The van der Waals surface area contributed by atoms with Crippen LogP contribution in [0, 0.1) is 6.92 Å². The van der Waals surface area contributed by atoms with E-state index in [1.54, 1.807) is 0 Å². The minimum atomic E-state index is 0.193. The van der Waals surface area contributed by atoms with Crippen LogP contribution in [0.25, 0.3) is 0 Å². The van der Waals surface area contributed by atoms with Gasteiger partial charge in [-0.25, -0.2) is 4.98 Å². The van der Waals surface area contributed by atoms with Crippen molar-refractivity contribution >= 4 is 11.3 Å². The van der Waals surface area contributed by atoms with Crippen LogP contribution in [0.5, 0.6) is 0 Å². The highest BCUT2D eigenvalue weighted by molar-refractivity contribution is 7.11. The van der Waals surface area contributed by atoms with Gasteiger partial charge in [0, 0.05) is 24.1 Å². The van der Waals surface area contributed by atoms with Crippen LogP contribution in [0.15, 0.2) is 0 Å². The fourth-order valence-corrected chi connectivity index (χ4v) is 3.12. The van der Waals surface area contributed by atoms with Crippen LogP contribution in [0.4, 0.5) is 0 Å². The highest BCUT2D eigenvalue weighted by Crippen LogP contribution is 2.30. The van der Waals surface area contributed by atoms with Crippen molar-refractivity contribution in [2.24, 2.45) is 0 Å². The van der Waals surface area contributed by atoms with Crippen molar-refractivity contribution in [2.45, 2.75) is 65.1 Å². The molecule has 1 aromatic heterocycles. The summed E-state index contributed by atoms with van der Waals surface area (Å²) < 4.78 is 5.80. The molecule has 0 aliphatic heterocycles. The molecule has 2 rings (SSSR count). The van der Waals surface area contributed by atoms with Gasteiger partial charge in [0.2, 0.25) is 0 Å². The van der Waals surface area contributed by atoms with E-state index in [0.717, 1.165) is 37.0 Å². The normalized spacial score (nSPS) is 17.1. The summed E-state index contributed by atoms with van der Waals surface area (Å²) in [7, 11) is 0. The number of hydrogen-bond donors (Lipinski definition) is 1. The number of aromatic nitrogens is 1. The summed E-state index contributed by atoms with van der Waals surface area (Å²) in [5, 5.41) is 4.72. The molecule has 18 heavy (non-hydrogen) atoms. The molecular weight excluding hydrogens is 244 g/mol. The molecule has 1 fully saturated rings. The fraction of sp³-hybridized carbons (Fsp3) is 0.786. The molecule has 1 aliphatic carbocycles. The zero-order chi connectivity index (χ0) is 13.0. The van der Waals surface area contributed by atoms with Gasteiger partial charge in [0.25, 0.3) is 0 Å². The van der Waals surface area contributed by atoms with Gasteiger partial charge in [-0.1, -0.05) is 13.3 Å². The number of nitrogens with zero attached hydrogens (tertiary/aromatic N) is 1. The van der Waals surface area contributed by atoms with Crippen LogP contribution in [-0.4, -0.2) is 17.6 Å². The summed E-state index contributed by atoms with van der Waals surface area (Å²) in [6.07, 6.45) is 5.07. The van der Waals surface area contributed by atoms with Crippen molar-refractivity contribution < 1.29 is 4.74 Å². The summed E-state index contributed by atoms with van der Waals surface area (Å²) in [5.41, 5.74) is 1.17. The average Bonchev–Trinajstić information content (AvgIpc) is 3.10. The van der Waals surface area contributed by atoms with Gasteiger partial charge in [0.05, 0.1) is 5.69 Å². The van der Waals surface area contributed by atoms with Gasteiger partial charge in [0.15, 0.2) is 0 Å². The Bertz CT molecular complexity index is 368. The van der Waals surface area contributed by atoms with E-state index in [1.165, 1.54) is 23.4 Å². The Morgan fingerprint density at radius 2 is 2.22 bits per heavy atom. The Balaban J connectivity index is 1.99. The molecule has 1 saturated carbocycles. The number of nitrogens with one attached hydrogen (secondary N) is 1. The highest BCUT2D eigenvalue weighted by Gasteiger charge is 2.22. The van der Waals surface area contributed by atoms with Crippen LogP contribution in [0.2, 0.25) is 0 Å². The van der Waals surface area contributed by atoms with Gasteiger partial charge in [-0.05, 0) is 33.1 Å². The van der Waals surface area contributed by atoms with Crippen LogP contribution in [0.3, 0.4) is 0 Å². The molecule has 0 amide bonds. The molecule has 4 heteroatoms. The molecule has 0 spiro atoms. The number of ether oxygens (including phenoxy) is 1. The predicted molar refractivity (Wildman–Crippen MR) is 76.0 cm³/mol. The van der Waals surface area contributed by atoms with Gasteiger partial charge in [0.1, 0.15) is 11.1 Å². The first kappa shape index (κ1) is 14.0. The predicted octanol–water partition coefficient (Wildman–Crippen LogP) is 3.58. The van der Waals surface area contributed by atoms with E-state index >= 15 is 0 Å². The van der Waals surface area contributed by atoms with Gasteiger partial charge >= 0.3 is 0 Å². The lowest BCUT2D eigenvalue weighted by Gasteiger charge is -2.12. The zero-order valence-corrected chi connectivity index (χ0v) is 12.5. The first-order valence-corrected chi connectivity index (χ1v) is 7.87. The molecular formula is C14H24N2OS. The Morgan fingerprint density at radius 3 is 2.83 bits per heavy atom. The maximum absolute atomic E-state index is 5.80. The standard InChI is InChI=1S/C14H24N2OS/c1-4-6-12(17-5-2)14-16-10(3)13(18-14)9-15-11-7-8-11/h11-12,15H,4-9H2,1-3H3. The highest BCUT2D eigenvalue weighted by atomic mass is 32.1. The minimum Gasteiger partial charge on any atom is -0.371 e. The van der Waals surface area contributed by atoms with E-state index in [1.807, 2.05) is 11.3 Å². The Kier molecular flexibility index (Phi) is 5.15. The van der Waals surface area contributed by atoms with Crippen molar-refractivity contribution in [1.29, 1.82) is 0 Å². The molecule has 1 aliphatic rings. The summed E-state index contributed by atoms with van der Waals surface area (Å²) in [6, 6.07) is 0.758. The lowest BCUT2D eigenvalue weighted by Crippen LogP contribution is -2.14. The summed E-state index contributed by atoms with van der Waals surface area (Å²) in [6.45, 7) is 8.09. The molecule has 1 N–H and O–H groups in total. The van der Waals surface area contributed by atoms with Gasteiger partial charge in [-0.2, -0.15) is 0 Å². The lowest BCUT2D eigenvalue weighted by molar-refractivity contribution is 0.0554. The quantitative estimate of drug-likeness (QED) is 0.782. The molecule has 1 unspecified atom stereocenters. The molecule has 0 saturated heterocycles. The SMILES string of the molecule is CCCC(OCC)c1nc(C)c(CNC2CC2)s1. The number of aryl methyl sites for hydroxylation is 1. The molecule has 0 bridgehead atoms. The van der Waals surface area contributed by atoms with Gasteiger partial charge < -0.3 is 10.1 Å². The molecule has 102 valence electrons. The van der Waals surface area contributed by atoms with Crippen molar-refractivity contribution in [2.75, 3.05) is 6.61 Å². The second kappa shape index (κ2) is 6.64. The number of thiazole rings is 1. The second-order valence-corrected chi connectivity index (χ2v) is 6.06. The van der Waals surface area contributed by atoms with E-state index in [9.17, 15) is 0 Å². The van der Waals surface area contributed by atoms with E-state index < -0.39 is 0 Å². The molecule has 0 radical (unpaired) electrons. The van der Waals surface area contributed by atoms with Crippen LogP contribution in [0.1, 0.15) is 61.2 Å². The Morgan fingerprint density at radius 1 is 1.44 bits per heavy atom. The van der Waals surface area contributed by atoms with Crippen molar-refractivity contribution in [1.82, 2.24) is 10.3 Å². The van der Waals surface area contributed by atoms with Gasteiger partial charge in [-0.15, -0.1) is 11.3 Å². The molecule has 1 heterocycles. The van der Waals surface area contributed by atoms with Crippen molar-refractivity contribution in [3.05, 3.63) is 15.6 Å². The Hall–Kier alpha value is -0.450. The summed E-state index contributed by atoms with van der Waals surface area (Å²) >= 11 is 1.82. The largest absolute Gasteiger partial charge is 0.371 e. The smallest absolute Gasteiger partial charge is 0.122 e. The first-order chi connectivity index (χ1) is 8.74. The van der Waals surface area contributed by atoms with Crippen LogP contribution in [-0.2, 0) is 11.3 Å². The van der Waals surface area contributed by atoms with Crippen LogP contribution < -0.4 is 5.32 Å². The van der Waals surface area contributed by atoms with Gasteiger partial charge in [-0.3, -0.25) is 0 Å². The fourth-order valence-electron chi connectivity index (χ4n) is 2.02. The number of hydrogen-bond acceptors (Lipinski definition) is 4. The number of rotatable bonds is 8. The van der Waals surface area contributed by atoms with E-state index in [2.05, 4.69) is 26.1 Å². The van der Waals surface area contributed by atoms with E-state index in [4.69, 9.17) is 9.72 Å². The lowest BCUT2D eigenvalue weighted by atomic mass is 10.2. The molecule has 1 atom stereocenters. The van der Waals surface area contributed by atoms with E-state index in [-0.39, 0.29) is 6.10 Å². The molecule has 1 aromatic rings. The summed E-state index contributed by atoms with van der Waals surface area (Å²) in [5.74, 6) is 0. The van der Waals surface area contributed by atoms with E-state index in [0.29, 0.717) is 0 Å².